The number of hydrogen-bond acceptors (Lipinski definition) is 2. The Kier molecular flexibility index (Phi) is 7.78. The van der Waals surface area contributed by atoms with Crippen LogP contribution in [0.25, 0.3) is 0 Å². The quantitative estimate of drug-likeness (QED) is 0.729. The van der Waals surface area contributed by atoms with Crippen molar-refractivity contribution in [1.82, 2.24) is 5.32 Å². The van der Waals surface area contributed by atoms with E-state index in [1.54, 1.807) is 0 Å². The molecule has 1 rings (SSSR count). The highest BCUT2D eigenvalue weighted by Gasteiger charge is 2.07. The minimum Gasteiger partial charge on any atom is -0.374 e. The van der Waals surface area contributed by atoms with Crippen LogP contribution in [0.2, 0.25) is 0 Å². The fourth-order valence-electron chi connectivity index (χ4n) is 2.08. The van der Waals surface area contributed by atoms with Gasteiger partial charge in [0.15, 0.2) is 0 Å². The molecule has 0 aromatic heterocycles. The van der Waals surface area contributed by atoms with Gasteiger partial charge in [0.05, 0.1) is 12.7 Å². The van der Waals surface area contributed by atoms with Gasteiger partial charge in [0, 0.05) is 12.1 Å². The van der Waals surface area contributed by atoms with Crippen molar-refractivity contribution in [3.05, 3.63) is 35.1 Å². The molecule has 0 amide bonds. The molecule has 1 N–H and O–H groups in total. The largest absolute Gasteiger partial charge is 0.374 e. The third-order valence-corrected chi connectivity index (χ3v) is 3.21. The molecule has 3 heteroatoms. The van der Waals surface area contributed by atoms with Gasteiger partial charge < -0.3 is 10.1 Å². The number of nitrogens with one attached hydrogen (secondary N) is 1. The first kappa shape index (κ1) is 17.1. The summed E-state index contributed by atoms with van der Waals surface area (Å²) in [6, 6.07) is 5.28. The molecule has 114 valence electrons. The van der Waals surface area contributed by atoms with Crippen molar-refractivity contribution >= 4 is 0 Å². The van der Waals surface area contributed by atoms with Crippen LogP contribution >= 0.6 is 0 Å². The second kappa shape index (κ2) is 9.09. The van der Waals surface area contributed by atoms with Crippen LogP contribution in [0.1, 0.15) is 51.7 Å². The molecule has 0 saturated heterocycles. The summed E-state index contributed by atoms with van der Waals surface area (Å²) in [6.45, 7) is 10.6. The molecule has 0 heterocycles. The molecule has 0 spiro atoms. The van der Waals surface area contributed by atoms with Gasteiger partial charge in [0.1, 0.15) is 5.82 Å². The first-order chi connectivity index (χ1) is 9.52. The Morgan fingerprint density at radius 2 is 2.00 bits per heavy atom. The third kappa shape index (κ3) is 6.49. The van der Waals surface area contributed by atoms with Gasteiger partial charge in [-0.3, -0.25) is 0 Å². The number of hydrogen-bond donors (Lipinski definition) is 1. The summed E-state index contributed by atoms with van der Waals surface area (Å²) in [4.78, 5) is 0. The second-order valence-electron chi connectivity index (χ2n) is 5.86. The van der Waals surface area contributed by atoms with E-state index < -0.39 is 0 Å². The van der Waals surface area contributed by atoms with Crippen LogP contribution in [0, 0.1) is 11.7 Å². The Balaban J connectivity index is 2.53. The highest BCUT2D eigenvalue weighted by atomic mass is 19.1. The molecule has 1 atom stereocenters. The lowest BCUT2D eigenvalue weighted by Gasteiger charge is -2.13. The molecule has 0 bridgehead atoms. The molecule has 20 heavy (non-hydrogen) atoms. The van der Waals surface area contributed by atoms with E-state index in [4.69, 9.17) is 4.74 Å². The summed E-state index contributed by atoms with van der Waals surface area (Å²) in [5, 5.41) is 3.37. The maximum atomic E-state index is 13.8. The van der Waals surface area contributed by atoms with Crippen molar-refractivity contribution in [3.63, 3.8) is 0 Å². The maximum Gasteiger partial charge on any atom is 0.128 e. The van der Waals surface area contributed by atoms with Crippen LogP contribution in [0.3, 0.4) is 0 Å². The lowest BCUT2D eigenvalue weighted by atomic mass is 10.1. The first-order valence-corrected chi connectivity index (χ1v) is 7.62. The number of rotatable bonds is 9. The van der Waals surface area contributed by atoms with Gasteiger partial charge in [-0.15, -0.1) is 0 Å². The van der Waals surface area contributed by atoms with E-state index >= 15 is 0 Å². The number of ether oxygens (including phenoxy) is 1. The molecule has 0 radical (unpaired) electrons. The number of halogens is 1. The van der Waals surface area contributed by atoms with Gasteiger partial charge in [-0.25, -0.2) is 4.39 Å². The Hall–Kier alpha value is -0.930. The van der Waals surface area contributed by atoms with E-state index in [2.05, 4.69) is 26.1 Å². The van der Waals surface area contributed by atoms with Crippen LogP contribution in [-0.2, 0) is 17.9 Å². The van der Waals surface area contributed by atoms with E-state index in [-0.39, 0.29) is 11.9 Å². The molecular weight excluding hydrogens is 253 g/mol. The average Bonchev–Trinajstić information content (AvgIpc) is 2.39. The molecule has 0 aliphatic rings. The zero-order valence-electron chi connectivity index (χ0n) is 13.2. The van der Waals surface area contributed by atoms with Gasteiger partial charge in [0.2, 0.25) is 0 Å². The zero-order valence-corrected chi connectivity index (χ0v) is 13.2. The summed E-state index contributed by atoms with van der Waals surface area (Å²) in [5.41, 5.74) is 1.76. The van der Waals surface area contributed by atoms with Crippen molar-refractivity contribution in [3.8, 4) is 0 Å². The van der Waals surface area contributed by atoms with Crippen molar-refractivity contribution in [2.24, 2.45) is 5.92 Å². The second-order valence-corrected chi connectivity index (χ2v) is 5.86. The zero-order chi connectivity index (χ0) is 15.0. The Bertz CT molecular complexity index is 393. The summed E-state index contributed by atoms with van der Waals surface area (Å²) < 4.78 is 19.4. The van der Waals surface area contributed by atoms with Crippen molar-refractivity contribution in [1.29, 1.82) is 0 Å². The highest BCUT2D eigenvalue weighted by Crippen LogP contribution is 2.14. The molecule has 1 unspecified atom stereocenters. The van der Waals surface area contributed by atoms with Gasteiger partial charge in [-0.2, -0.15) is 0 Å². The predicted octanol–water partition coefficient (Wildman–Crippen LogP) is 4.28. The average molecular weight is 281 g/mol. The highest BCUT2D eigenvalue weighted by molar-refractivity contribution is 5.24. The summed E-state index contributed by atoms with van der Waals surface area (Å²) in [6.07, 6.45) is 2.28. The molecule has 1 aromatic carbocycles. The lowest BCUT2D eigenvalue weighted by molar-refractivity contribution is 0.0455. The predicted molar refractivity (Wildman–Crippen MR) is 82.1 cm³/mol. The minimum atomic E-state index is -0.179. The van der Waals surface area contributed by atoms with Crippen molar-refractivity contribution in [2.75, 3.05) is 6.54 Å². The molecular formula is C17H28FNO. The first-order valence-electron chi connectivity index (χ1n) is 7.62. The summed E-state index contributed by atoms with van der Waals surface area (Å²) >= 11 is 0. The Morgan fingerprint density at radius 3 is 2.65 bits per heavy atom. The van der Waals surface area contributed by atoms with E-state index in [9.17, 15) is 4.39 Å². The van der Waals surface area contributed by atoms with E-state index in [0.717, 1.165) is 31.5 Å². The Morgan fingerprint density at radius 1 is 1.25 bits per heavy atom. The number of benzene rings is 1. The third-order valence-electron chi connectivity index (χ3n) is 3.21. The smallest absolute Gasteiger partial charge is 0.128 e. The summed E-state index contributed by atoms with van der Waals surface area (Å²) in [5.74, 6) is 0.439. The normalized spacial score (nSPS) is 12.9. The topological polar surface area (TPSA) is 21.3 Å². The molecule has 0 saturated carbocycles. The standard InChI is InChI=1S/C17H28FNO/c1-5-6-14(4)20-12-16-9-15(7-8-17(16)18)11-19-10-13(2)3/h7-9,13-14,19H,5-6,10-12H2,1-4H3. The van der Waals surface area contributed by atoms with Crippen LogP contribution in [-0.4, -0.2) is 12.6 Å². The maximum absolute atomic E-state index is 13.8. The molecule has 0 aliphatic heterocycles. The van der Waals surface area contributed by atoms with E-state index in [1.165, 1.54) is 6.07 Å². The SMILES string of the molecule is CCCC(C)OCc1cc(CNCC(C)C)ccc1F. The van der Waals surface area contributed by atoms with Gasteiger partial charge in [0.25, 0.3) is 0 Å². The molecule has 0 aliphatic carbocycles. The van der Waals surface area contributed by atoms with Crippen LogP contribution < -0.4 is 5.32 Å². The van der Waals surface area contributed by atoms with E-state index in [0.29, 0.717) is 18.1 Å². The fourth-order valence-corrected chi connectivity index (χ4v) is 2.08. The molecule has 0 fully saturated rings. The van der Waals surface area contributed by atoms with E-state index in [1.807, 2.05) is 19.1 Å². The molecule has 1 aromatic rings. The van der Waals surface area contributed by atoms with Crippen LogP contribution in [0.15, 0.2) is 18.2 Å². The summed E-state index contributed by atoms with van der Waals surface area (Å²) in [7, 11) is 0. The minimum absolute atomic E-state index is 0.179. The van der Waals surface area contributed by atoms with Crippen LogP contribution in [0.5, 0.6) is 0 Å². The fraction of sp³-hybridized carbons (Fsp3) is 0.647. The van der Waals surface area contributed by atoms with Gasteiger partial charge in [-0.1, -0.05) is 33.3 Å². The molecule has 2 nitrogen and oxygen atoms in total. The monoisotopic (exact) mass is 281 g/mol. The van der Waals surface area contributed by atoms with Crippen molar-refractivity contribution < 1.29 is 9.13 Å². The van der Waals surface area contributed by atoms with Gasteiger partial charge in [-0.05, 0) is 43.5 Å². The lowest BCUT2D eigenvalue weighted by Crippen LogP contribution is -2.19. The van der Waals surface area contributed by atoms with Crippen LogP contribution in [0.4, 0.5) is 4.39 Å². The van der Waals surface area contributed by atoms with Gasteiger partial charge >= 0.3 is 0 Å². The van der Waals surface area contributed by atoms with Crippen molar-refractivity contribution in [2.45, 2.75) is 59.8 Å². The Labute approximate surface area is 122 Å².